The van der Waals surface area contributed by atoms with E-state index in [2.05, 4.69) is 29.2 Å². The average Bonchev–Trinajstić information content (AvgIpc) is 2.98. The Hall–Kier alpha value is -4.55. The molecule has 0 radical (unpaired) electrons. The molecule has 1 aromatic heterocycles. The molecule has 0 unspecified atom stereocenters. The second-order valence-corrected chi connectivity index (χ2v) is 9.76. The van der Waals surface area contributed by atoms with Crippen LogP contribution < -0.4 is 19.6 Å². The Bertz CT molecular complexity index is 1610. The largest absolute Gasteiger partial charge is 0.497 e. The van der Waals surface area contributed by atoms with Crippen molar-refractivity contribution in [3.63, 3.8) is 0 Å². The van der Waals surface area contributed by atoms with Crippen LogP contribution in [0.5, 0.6) is 17.2 Å². The van der Waals surface area contributed by atoms with Crippen molar-refractivity contribution in [2.45, 2.75) is 33.2 Å². The van der Waals surface area contributed by atoms with Gasteiger partial charge in [-0.2, -0.15) is 0 Å². The van der Waals surface area contributed by atoms with Gasteiger partial charge in [-0.25, -0.2) is 0 Å². The molecule has 0 N–H and O–H groups in total. The van der Waals surface area contributed by atoms with E-state index in [9.17, 15) is 4.79 Å². The first-order chi connectivity index (χ1) is 19.5. The van der Waals surface area contributed by atoms with E-state index in [1.807, 2.05) is 60.7 Å². The van der Waals surface area contributed by atoms with Crippen LogP contribution in [0.4, 0.5) is 0 Å². The van der Waals surface area contributed by atoms with Crippen molar-refractivity contribution < 1.29 is 18.6 Å². The minimum Gasteiger partial charge on any atom is -0.497 e. The molecule has 1 heterocycles. The normalized spacial score (nSPS) is 11.1. The molecule has 5 aromatic rings. The summed E-state index contributed by atoms with van der Waals surface area (Å²) >= 11 is 0. The Morgan fingerprint density at radius 1 is 0.700 bits per heavy atom. The van der Waals surface area contributed by atoms with Gasteiger partial charge in [0, 0.05) is 25.7 Å². The maximum atomic E-state index is 12.9. The lowest BCUT2D eigenvalue weighted by molar-refractivity contribution is 0.237. The smallest absolute Gasteiger partial charge is 0.192 e. The van der Waals surface area contributed by atoms with Crippen LogP contribution in [0.3, 0.4) is 0 Å². The Balaban J connectivity index is 1.52. The standard InChI is InChI=1S/C34H33NO5/c1-24-19-32(36)30-17-18-33(39-23-27-11-15-29(38-3)16-12-27)31(34(30)40-24)22-35(20-25-7-5-4-6-8-25)21-26-9-13-28(37-2)14-10-26/h4-19H,20-23H2,1-3H3. The molecule has 0 atom stereocenters. The first-order valence-corrected chi connectivity index (χ1v) is 13.2. The summed E-state index contributed by atoms with van der Waals surface area (Å²) in [5.74, 6) is 2.86. The molecule has 0 saturated carbocycles. The summed E-state index contributed by atoms with van der Waals surface area (Å²) in [6.07, 6.45) is 0. The van der Waals surface area contributed by atoms with Gasteiger partial charge in [0.15, 0.2) is 5.43 Å². The van der Waals surface area contributed by atoms with Gasteiger partial charge >= 0.3 is 0 Å². The molecule has 40 heavy (non-hydrogen) atoms. The molecule has 0 aliphatic carbocycles. The summed E-state index contributed by atoms with van der Waals surface area (Å²) < 4.78 is 23.2. The van der Waals surface area contributed by atoms with Crippen molar-refractivity contribution >= 4 is 11.0 Å². The van der Waals surface area contributed by atoms with E-state index in [4.69, 9.17) is 18.6 Å². The molecule has 4 aromatic carbocycles. The predicted octanol–water partition coefficient (Wildman–Crippen LogP) is 6.90. The molecule has 0 spiro atoms. The van der Waals surface area contributed by atoms with Crippen molar-refractivity contribution in [2.24, 2.45) is 0 Å². The highest BCUT2D eigenvalue weighted by molar-refractivity contribution is 5.82. The fraction of sp³-hybridized carbons (Fsp3) is 0.206. The third-order valence-corrected chi connectivity index (χ3v) is 6.83. The fourth-order valence-corrected chi connectivity index (χ4v) is 4.76. The van der Waals surface area contributed by atoms with E-state index in [0.717, 1.165) is 28.2 Å². The number of nitrogens with zero attached hydrogens (tertiary/aromatic N) is 1. The maximum absolute atomic E-state index is 12.9. The molecule has 204 valence electrons. The van der Waals surface area contributed by atoms with Gasteiger partial charge in [0.05, 0.1) is 25.2 Å². The zero-order valence-corrected chi connectivity index (χ0v) is 23.1. The van der Waals surface area contributed by atoms with E-state index in [0.29, 0.717) is 48.7 Å². The Morgan fingerprint density at radius 3 is 1.93 bits per heavy atom. The van der Waals surface area contributed by atoms with Crippen molar-refractivity contribution in [3.8, 4) is 17.2 Å². The van der Waals surface area contributed by atoms with Crippen LogP contribution in [-0.4, -0.2) is 19.1 Å². The summed E-state index contributed by atoms with van der Waals surface area (Å²) in [6.45, 7) is 4.08. The minimum absolute atomic E-state index is 0.0635. The van der Waals surface area contributed by atoms with Gasteiger partial charge in [-0.15, -0.1) is 0 Å². The van der Waals surface area contributed by atoms with Crippen molar-refractivity contribution in [1.29, 1.82) is 0 Å². The number of ether oxygens (including phenoxy) is 3. The lowest BCUT2D eigenvalue weighted by Gasteiger charge is -2.25. The topological polar surface area (TPSA) is 61.1 Å². The van der Waals surface area contributed by atoms with E-state index >= 15 is 0 Å². The fourth-order valence-electron chi connectivity index (χ4n) is 4.76. The second kappa shape index (κ2) is 12.5. The molecule has 0 aliphatic heterocycles. The van der Waals surface area contributed by atoms with Crippen molar-refractivity contribution in [2.75, 3.05) is 14.2 Å². The Labute approximate surface area is 234 Å². The SMILES string of the molecule is COc1ccc(COc2ccc3c(=O)cc(C)oc3c2CN(Cc2ccccc2)Cc2ccc(OC)cc2)cc1. The van der Waals surface area contributed by atoms with Gasteiger partial charge in [0.2, 0.25) is 0 Å². The number of hydrogen-bond donors (Lipinski definition) is 0. The lowest BCUT2D eigenvalue weighted by Crippen LogP contribution is -2.23. The maximum Gasteiger partial charge on any atom is 0.192 e. The van der Waals surface area contributed by atoms with Crippen LogP contribution in [0.1, 0.15) is 28.0 Å². The molecule has 5 rings (SSSR count). The van der Waals surface area contributed by atoms with Gasteiger partial charge in [-0.1, -0.05) is 54.6 Å². The predicted molar refractivity (Wildman–Crippen MR) is 157 cm³/mol. The van der Waals surface area contributed by atoms with Crippen LogP contribution in [-0.2, 0) is 26.2 Å². The summed E-state index contributed by atoms with van der Waals surface area (Å²) in [4.78, 5) is 15.2. The van der Waals surface area contributed by atoms with Gasteiger partial charge in [-0.05, 0) is 60.0 Å². The van der Waals surface area contributed by atoms with Crippen LogP contribution in [0.25, 0.3) is 11.0 Å². The third kappa shape index (κ3) is 6.53. The van der Waals surface area contributed by atoms with E-state index < -0.39 is 0 Å². The first kappa shape index (κ1) is 27.0. The van der Waals surface area contributed by atoms with Gasteiger partial charge in [-0.3, -0.25) is 9.69 Å². The summed E-state index contributed by atoms with van der Waals surface area (Å²) in [5, 5.41) is 0.543. The molecule has 6 heteroatoms. The third-order valence-electron chi connectivity index (χ3n) is 6.83. The Kier molecular flexibility index (Phi) is 8.47. The molecule has 0 aliphatic rings. The summed E-state index contributed by atoms with van der Waals surface area (Å²) in [5.41, 5.74) is 4.69. The lowest BCUT2D eigenvalue weighted by atomic mass is 10.1. The van der Waals surface area contributed by atoms with E-state index in [-0.39, 0.29) is 5.43 Å². The number of fused-ring (bicyclic) bond motifs is 1. The molecule has 0 amide bonds. The minimum atomic E-state index is -0.0635. The Morgan fingerprint density at radius 2 is 1.30 bits per heavy atom. The molecule has 0 bridgehead atoms. The van der Waals surface area contributed by atoms with Gasteiger partial charge in [0.25, 0.3) is 0 Å². The quantitative estimate of drug-likeness (QED) is 0.183. The summed E-state index contributed by atoms with van der Waals surface area (Å²) in [7, 11) is 3.32. The summed E-state index contributed by atoms with van der Waals surface area (Å²) in [6, 6.07) is 31.4. The van der Waals surface area contributed by atoms with Crippen molar-refractivity contribution in [1.82, 2.24) is 4.90 Å². The number of methoxy groups -OCH3 is 2. The van der Waals surface area contributed by atoms with Crippen LogP contribution >= 0.6 is 0 Å². The van der Waals surface area contributed by atoms with Crippen molar-refractivity contribution in [3.05, 3.63) is 135 Å². The number of hydrogen-bond acceptors (Lipinski definition) is 6. The van der Waals surface area contributed by atoms with E-state index in [1.165, 1.54) is 11.6 Å². The highest BCUT2D eigenvalue weighted by atomic mass is 16.5. The molecular weight excluding hydrogens is 502 g/mol. The highest BCUT2D eigenvalue weighted by Gasteiger charge is 2.19. The van der Waals surface area contributed by atoms with Crippen LogP contribution in [0.15, 0.2) is 106 Å². The molecule has 0 saturated heterocycles. The average molecular weight is 536 g/mol. The zero-order chi connectivity index (χ0) is 27.9. The number of benzene rings is 4. The molecular formula is C34H33NO5. The van der Waals surface area contributed by atoms with E-state index in [1.54, 1.807) is 27.2 Å². The monoisotopic (exact) mass is 535 g/mol. The highest BCUT2D eigenvalue weighted by Crippen LogP contribution is 2.31. The zero-order valence-electron chi connectivity index (χ0n) is 23.1. The van der Waals surface area contributed by atoms with Crippen LogP contribution in [0.2, 0.25) is 0 Å². The first-order valence-electron chi connectivity index (χ1n) is 13.2. The second-order valence-electron chi connectivity index (χ2n) is 9.76. The molecule has 0 fully saturated rings. The number of rotatable bonds is 11. The van der Waals surface area contributed by atoms with Crippen LogP contribution in [0, 0.1) is 6.92 Å². The van der Waals surface area contributed by atoms with Gasteiger partial charge in [0.1, 0.15) is 35.2 Å². The van der Waals surface area contributed by atoms with Gasteiger partial charge < -0.3 is 18.6 Å². The number of aryl methyl sites for hydroxylation is 1. The molecule has 6 nitrogen and oxygen atoms in total.